The number of carbonyl (C=O) groups is 1. The number of amides is 1. The summed E-state index contributed by atoms with van der Waals surface area (Å²) in [4.78, 5) is 14.5. The number of hydrogen-bond donors (Lipinski definition) is 1. The van der Waals surface area contributed by atoms with Crippen LogP contribution in [0.5, 0.6) is 0 Å². The quantitative estimate of drug-likeness (QED) is 0.813. The molecule has 5 heteroatoms. The van der Waals surface area contributed by atoms with E-state index in [2.05, 4.69) is 5.32 Å². The van der Waals surface area contributed by atoms with E-state index in [9.17, 15) is 9.18 Å². The van der Waals surface area contributed by atoms with E-state index in [0.29, 0.717) is 6.54 Å². The molecule has 3 rings (SSSR count). The minimum absolute atomic E-state index is 0.173. The van der Waals surface area contributed by atoms with Crippen molar-refractivity contribution in [3.63, 3.8) is 0 Å². The van der Waals surface area contributed by atoms with Gasteiger partial charge in [-0.3, -0.25) is 0 Å². The van der Waals surface area contributed by atoms with Crippen molar-refractivity contribution >= 4 is 6.09 Å². The fourth-order valence-corrected chi connectivity index (χ4v) is 4.51. The molecule has 26 heavy (non-hydrogen) atoms. The molecule has 1 amide bonds. The highest BCUT2D eigenvalue weighted by molar-refractivity contribution is 5.68. The molecular weight excluding hydrogens is 331 g/mol. The van der Waals surface area contributed by atoms with Crippen LogP contribution in [-0.2, 0) is 4.74 Å². The van der Waals surface area contributed by atoms with Crippen LogP contribution in [0.2, 0.25) is 0 Å². The number of hydrogen-bond acceptors (Lipinski definition) is 3. The molecule has 1 atom stereocenters. The average Bonchev–Trinajstić information content (AvgIpc) is 2.55. The summed E-state index contributed by atoms with van der Waals surface area (Å²) in [6, 6.07) is 5.07. The van der Waals surface area contributed by atoms with E-state index in [4.69, 9.17) is 4.74 Å². The van der Waals surface area contributed by atoms with Crippen LogP contribution in [-0.4, -0.2) is 42.8 Å². The molecule has 1 spiro atoms. The van der Waals surface area contributed by atoms with E-state index in [1.807, 2.05) is 38.7 Å². The molecule has 0 aliphatic carbocycles. The molecule has 1 aromatic rings. The Balaban J connectivity index is 1.89. The lowest BCUT2D eigenvalue weighted by molar-refractivity contribution is -0.00249. The van der Waals surface area contributed by atoms with Gasteiger partial charge < -0.3 is 15.0 Å². The summed E-state index contributed by atoms with van der Waals surface area (Å²) < 4.78 is 19.2. The molecule has 0 aromatic heterocycles. The predicted octanol–water partition coefficient (Wildman–Crippen LogP) is 4.23. The molecule has 2 aliphatic heterocycles. The van der Waals surface area contributed by atoms with E-state index in [1.165, 1.54) is 5.56 Å². The van der Waals surface area contributed by atoms with E-state index >= 15 is 0 Å². The van der Waals surface area contributed by atoms with Gasteiger partial charge in [0.1, 0.15) is 11.4 Å². The van der Waals surface area contributed by atoms with Gasteiger partial charge >= 0.3 is 6.09 Å². The molecule has 2 fully saturated rings. The summed E-state index contributed by atoms with van der Waals surface area (Å²) in [6.07, 6.45) is 2.91. The van der Waals surface area contributed by atoms with Crippen LogP contribution in [0.1, 0.15) is 57.1 Å². The van der Waals surface area contributed by atoms with Crippen LogP contribution in [0, 0.1) is 18.2 Å². The van der Waals surface area contributed by atoms with Crippen molar-refractivity contribution in [1.82, 2.24) is 10.2 Å². The Bertz CT molecular complexity index is 662. The second kappa shape index (κ2) is 7.18. The van der Waals surface area contributed by atoms with Crippen LogP contribution in [0.3, 0.4) is 0 Å². The Morgan fingerprint density at radius 3 is 2.58 bits per heavy atom. The lowest BCUT2D eigenvalue weighted by atomic mass is 9.62. The number of benzene rings is 1. The third kappa shape index (κ3) is 4.03. The monoisotopic (exact) mass is 362 g/mol. The first-order valence-electron chi connectivity index (χ1n) is 9.65. The molecule has 4 nitrogen and oxygen atoms in total. The van der Waals surface area contributed by atoms with Gasteiger partial charge in [0.05, 0.1) is 0 Å². The third-order valence-electron chi connectivity index (χ3n) is 5.88. The second-order valence-electron chi connectivity index (χ2n) is 8.84. The summed E-state index contributed by atoms with van der Waals surface area (Å²) >= 11 is 0. The van der Waals surface area contributed by atoms with Crippen LogP contribution in [0.15, 0.2) is 18.2 Å². The van der Waals surface area contributed by atoms with Crippen molar-refractivity contribution in [3.05, 3.63) is 35.1 Å². The summed E-state index contributed by atoms with van der Waals surface area (Å²) in [5.74, 6) is 0.0110. The number of piperidine rings is 2. The average molecular weight is 362 g/mol. The minimum atomic E-state index is -0.498. The largest absolute Gasteiger partial charge is 0.444 e. The summed E-state index contributed by atoms with van der Waals surface area (Å²) in [6.45, 7) is 11.0. The predicted molar refractivity (Wildman–Crippen MR) is 101 cm³/mol. The third-order valence-corrected chi connectivity index (χ3v) is 5.88. The highest BCUT2D eigenvalue weighted by atomic mass is 19.1. The molecule has 2 heterocycles. The lowest BCUT2D eigenvalue weighted by Gasteiger charge is -2.50. The van der Waals surface area contributed by atoms with Crippen molar-refractivity contribution in [1.29, 1.82) is 0 Å². The normalized spacial score (nSPS) is 23.1. The topological polar surface area (TPSA) is 41.6 Å². The Labute approximate surface area is 156 Å². The Morgan fingerprint density at radius 2 is 1.96 bits per heavy atom. The number of nitrogens with one attached hydrogen (secondary N) is 1. The molecule has 0 saturated carbocycles. The maximum Gasteiger partial charge on any atom is 0.410 e. The van der Waals surface area contributed by atoms with Crippen molar-refractivity contribution in [2.45, 2.75) is 58.5 Å². The van der Waals surface area contributed by atoms with Crippen molar-refractivity contribution in [2.75, 3.05) is 26.2 Å². The minimum Gasteiger partial charge on any atom is -0.444 e. The zero-order valence-electron chi connectivity index (χ0n) is 16.4. The zero-order valence-corrected chi connectivity index (χ0v) is 16.4. The van der Waals surface area contributed by atoms with Crippen LogP contribution < -0.4 is 5.32 Å². The summed E-state index contributed by atoms with van der Waals surface area (Å²) in [5, 5.41) is 3.45. The Kier molecular flexibility index (Phi) is 5.29. The number of likely N-dealkylation sites (tertiary alicyclic amines) is 1. The SMILES string of the molecule is Cc1cc(F)ccc1[C@H]1CN(C(=O)OC(C)(C)C)CCC12CCNCC2. The van der Waals surface area contributed by atoms with Gasteiger partial charge in [0.25, 0.3) is 0 Å². The van der Waals surface area contributed by atoms with E-state index in [-0.39, 0.29) is 23.2 Å². The van der Waals surface area contributed by atoms with E-state index < -0.39 is 5.60 Å². The van der Waals surface area contributed by atoms with Gasteiger partial charge in [0.2, 0.25) is 0 Å². The van der Waals surface area contributed by atoms with E-state index in [0.717, 1.165) is 44.5 Å². The number of aryl methyl sites for hydroxylation is 1. The fraction of sp³-hybridized carbons (Fsp3) is 0.667. The number of halogens is 1. The summed E-state index contributed by atoms with van der Waals surface area (Å²) in [7, 11) is 0. The number of rotatable bonds is 1. The highest BCUT2D eigenvalue weighted by Crippen LogP contribution is 2.49. The van der Waals surface area contributed by atoms with E-state index in [1.54, 1.807) is 12.1 Å². The van der Waals surface area contributed by atoms with Gasteiger partial charge in [0, 0.05) is 19.0 Å². The second-order valence-corrected chi connectivity index (χ2v) is 8.84. The standard InChI is InChI=1S/C21H31FN2O2/c1-15-13-16(22)5-6-17(15)18-14-24(19(25)26-20(2,3)4)12-9-21(18)7-10-23-11-8-21/h5-6,13,18,23H,7-12,14H2,1-4H3/t18-/m1/s1. The molecule has 144 valence electrons. The van der Waals surface area contributed by atoms with Gasteiger partial charge in [-0.2, -0.15) is 0 Å². The van der Waals surface area contributed by atoms with Gasteiger partial charge in [-0.05, 0) is 88.7 Å². The number of carbonyl (C=O) groups excluding carboxylic acids is 1. The highest BCUT2D eigenvalue weighted by Gasteiger charge is 2.46. The van der Waals surface area contributed by atoms with Crippen molar-refractivity contribution < 1.29 is 13.9 Å². The molecule has 1 aromatic carbocycles. The molecule has 1 N–H and O–H groups in total. The fourth-order valence-electron chi connectivity index (χ4n) is 4.51. The van der Waals surface area contributed by atoms with Crippen LogP contribution >= 0.6 is 0 Å². The van der Waals surface area contributed by atoms with Crippen molar-refractivity contribution in [2.24, 2.45) is 5.41 Å². The van der Waals surface area contributed by atoms with Crippen LogP contribution in [0.4, 0.5) is 9.18 Å². The maximum atomic E-state index is 13.6. The Morgan fingerprint density at radius 1 is 1.27 bits per heavy atom. The van der Waals surface area contributed by atoms with Crippen LogP contribution in [0.25, 0.3) is 0 Å². The lowest BCUT2D eigenvalue weighted by Crippen LogP contribution is -2.52. The van der Waals surface area contributed by atoms with Crippen molar-refractivity contribution in [3.8, 4) is 0 Å². The van der Waals surface area contributed by atoms with Gasteiger partial charge in [-0.1, -0.05) is 6.07 Å². The molecule has 0 bridgehead atoms. The van der Waals surface area contributed by atoms with Gasteiger partial charge in [-0.15, -0.1) is 0 Å². The molecule has 0 unspecified atom stereocenters. The van der Waals surface area contributed by atoms with Gasteiger partial charge in [0.15, 0.2) is 0 Å². The summed E-state index contributed by atoms with van der Waals surface area (Å²) in [5.41, 5.74) is 1.81. The zero-order chi connectivity index (χ0) is 18.9. The Hall–Kier alpha value is -1.62. The number of ether oxygens (including phenoxy) is 1. The number of nitrogens with zero attached hydrogens (tertiary/aromatic N) is 1. The molecule has 2 saturated heterocycles. The first-order chi connectivity index (χ1) is 12.2. The smallest absolute Gasteiger partial charge is 0.410 e. The van der Waals surface area contributed by atoms with Gasteiger partial charge in [-0.25, -0.2) is 9.18 Å². The first-order valence-corrected chi connectivity index (χ1v) is 9.65. The molecular formula is C21H31FN2O2. The molecule has 2 aliphatic rings. The maximum absolute atomic E-state index is 13.6. The first kappa shape index (κ1) is 19.2. The molecule has 0 radical (unpaired) electrons.